The van der Waals surface area contributed by atoms with Gasteiger partial charge in [0.25, 0.3) is 0 Å². The molecule has 2 heteroatoms. The van der Waals surface area contributed by atoms with Crippen molar-refractivity contribution in [1.82, 2.24) is 0 Å². The Kier molecular flexibility index (Phi) is 20.5. The summed E-state index contributed by atoms with van der Waals surface area (Å²) >= 11 is 0. The van der Waals surface area contributed by atoms with Crippen molar-refractivity contribution in [3.63, 3.8) is 0 Å². The highest BCUT2D eigenvalue weighted by molar-refractivity contribution is 6.05. The number of rotatable bonds is 12. The Morgan fingerprint density at radius 3 is 2.06 bits per heavy atom. The van der Waals surface area contributed by atoms with E-state index in [1.54, 1.807) is 6.08 Å². The Morgan fingerprint density at radius 2 is 1.40 bits per heavy atom. The summed E-state index contributed by atoms with van der Waals surface area (Å²) in [6, 6.07) is 38.7. The molecule has 0 heterocycles. The van der Waals surface area contributed by atoms with E-state index in [4.69, 9.17) is 10.8 Å². The Bertz CT molecular complexity index is 2560. The van der Waals surface area contributed by atoms with E-state index < -0.39 is 0 Å². The number of benzene rings is 5. The minimum Gasteiger partial charge on any atom is -0.317 e. The van der Waals surface area contributed by atoms with Crippen molar-refractivity contribution in [1.29, 1.82) is 10.8 Å². The van der Waals surface area contributed by atoms with Crippen molar-refractivity contribution in [3.05, 3.63) is 245 Å². The van der Waals surface area contributed by atoms with Crippen molar-refractivity contribution in [3.8, 4) is 11.1 Å². The first-order valence-corrected chi connectivity index (χ1v) is 21.5. The van der Waals surface area contributed by atoms with Gasteiger partial charge in [0.05, 0.1) is 0 Å². The van der Waals surface area contributed by atoms with Gasteiger partial charge in [-0.05, 0) is 149 Å². The molecule has 0 spiro atoms. The van der Waals surface area contributed by atoms with Crippen molar-refractivity contribution < 1.29 is 0 Å². The third kappa shape index (κ3) is 12.8. The zero-order chi connectivity index (χ0) is 45.6. The lowest BCUT2D eigenvalue weighted by Gasteiger charge is -2.17. The molecule has 0 fully saturated rings. The SMILES string of the molecule is C/C(=C(/C)C(C)c1ccccc1)c1ccccc1C.C=C/C(=C\C)C1=CC=CC/C1=C\C=C/C(=C)c1cc(C)cc(-c2cccc3c(/C(C=C)=C/C=N)cccc23)c1.C=N.CC. The molecule has 1 aliphatic carbocycles. The molecule has 2 N–H and O–H groups in total. The van der Waals surface area contributed by atoms with Gasteiger partial charge >= 0.3 is 0 Å². The first kappa shape index (κ1) is 49.5. The average Bonchev–Trinajstić information content (AvgIpc) is 3.32. The number of aryl methyl sites for hydroxylation is 2. The predicted molar refractivity (Wildman–Crippen MR) is 279 cm³/mol. The molecule has 0 aliphatic heterocycles. The van der Waals surface area contributed by atoms with Gasteiger partial charge in [0, 0.05) is 12.1 Å². The van der Waals surface area contributed by atoms with Gasteiger partial charge in [0.1, 0.15) is 0 Å². The maximum Gasteiger partial charge on any atom is 0.0183 e. The molecule has 6 rings (SSSR count). The summed E-state index contributed by atoms with van der Waals surface area (Å²) in [7, 11) is 0. The van der Waals surface area contributed by atoms with Gasteiger partial charge in [-0.3, -0.25) is 0 Å². The number of allylic oxidation sites excluding steroid dienone is 17. The Hall–Kier alpha value is -6.90. The molecule has 2 nitrogen and oxygen atoms in total. The molecule has 0 saturated carbocycles. The monoisotopic (exact) mass is 815 g/mol. The second kappa shape index (κ2) is 25.7. The van der Waals surface area contributed by atoms with Crippen LogP contribution in [0.2, 0.25) is 0 Å². The highest BCUT2D eigenvalue weighted by atomic mass is 14.3. The number of hydrogen-bond acceptors (Lipinski definition) is 2. The summed E-state index contributed by atoms with van der Waals surface area (Å²) in [5.74, 6) is 0.459. The van der Waals surface area contributed by atoms with E-state index in [0.29, 0.717) is 5.92 Å². The molecule has 1 unspecified atom stereocenters. The molecule has 62 heavy (non-hydrogen) atoms. The molecule has 5 aromatic carbocycles. The lowest BCUT2D eigenvalue weighted by atomic mass is 9.87. The van der Waals surface area contributed by atoms with Crippen LogP contribution < -0.4 is 0 Å². The fraction of sp³-hybridized carbons (Fsp3) is 0.167. The van der Waals surface area contributed by atoms with E-state index in [0.717, 1.165) is 45.2 Å². The number of fused-ring (bicyclic) bond motifs is 1. The van der Waals surface area contributed by atoms with Crippen molar-refractivity contribution in [2.24, 2.45) is 0 Å². The first-order chi connectivity index (χ1) is 30.1. The van der Waals surface area contributed by atoms with Gasteiger partial charge in [-0.15, -0.1) is 0 Å². The van der Waals surface area contributed by atoms with Crippen LogP contribution in [-0.2, 0) is 0 Å². The van der Waals surface area contributed by atoms with Gasteiger partial charge in [-0.25, -0.2) is 0 Å². The van der Waals surface area contributed by atoms with Gasteiger partial charge in [-0.2, -0.15) is 0 Å². The van der Waals surface area contributed by atoms with Gasteiger partial charge in [0.2, 0.25) is 0 Å². The highest BCUT2D eigenvalue weighted by Crippen LogP contribution is 2.36. The van der Waals surface area contributed by atoms with E-state index in [9.17, 15) is 0 Å². The van der Waals surface area contributed by atoms with Crippen molar-refractivity contribution in [2.75, 3.05) is 0 Å². The standard InChI is InChI=1S/C38H35N.C19H22.C2H6.CH3N/c1-6-29(7-2)34-17-10-9-15-31(34)16-11-14-28(5)32-24-27(4)25-33(26-32)36-19-13-20-37-35(18-12-21-38(36)37)30(8-3)22-23-39;1-14-10-8-9-13-19(14)17(4)15(2)16(3)18-11-6-5-7-12-18;2*1-2/h6-14,16-26,39H,1,3,5,15H2,2,4H3;5-13,16H,1-4H3;1-2H3;2H,1H2/b14-11-,29-7+,30-22+,31-16+,39-23?;17-15+;;. The molecule has 0 bridgehead atoms. The van der Waals surface area contributed by atoms with E-state index in [-0.39, 0.29) is 0 Å². The minimum absolute atomic E-state index is 0.459. The van der Waals surface area contributed by atoms with Crippen LogP contribution in [0.5, 0.6) is 0 Å². The second-order valence-electron chi connectivity index (χ2n) is 14.8. The minimum atomic E-state index is 0.459. The quantitative estimate of drug-likeness (QED) is 0.0931. The van der Waals surface area contributed by atoms with Gasteiger partial charge in [0.15, 0.2) is 0 Å². The van der Waals surface area contributed by atoms with Crippen LogP contribution in [0.25, 0.3) is 38.6 Å². The van der Waals surface area contributed by atoms with Crippen LogP contribution in [0.15, 0.2) is 212 Å². The zero-order valence-corrected chi connectivity index (χ0v) is 38.4. The largest absolute Gasteiger partial charge is 0.317 e. The Labute approximate surface area is 373 Å². The molecule has 0 aromatic heterocycles. The lowest BCUT2D eigenvalue weighted by molar-refractivity contribution is 0.895. The topological polar surface area (TPSA) is 47.7 Å². The molecule has 316 valence electrons. The number of hydrogen-bond donors (Lipinski definition) is 2. The van der Waals surface area contributed by atoms with E-state index >= 15 is 0 Å². The Morgan fingerprint density at radius 1 is 0.758 bits per heavy atom. The summed E-state index contributed by atoms with van der Waals surface area (Å²) in [5, 5.41) is 15.3. The smallest absolute Gasteiger partial charge is 0.0183 e. The predicted octanol–water partition coefficient (Wildman–Crippen LogP) is 17.4. The fourth-order valence-corrected chi connectivity index (χ4v) is 7.59. The fourth-order valence-electron chi connectivity index (χ4n) is 7.59. The van der Waals surface area contributed by atoms with E-state index in [1.165, 1.54) is 61.7 Å². The van der Waals surface area contributed by atoms with Gasteiger partial charge < -0.3 is 10.8 Å². The summed E-state index contributed by atoms with van der Waals surface area (Å²) in [6.07, 6.45) is 22.6. The molecular formula is C60H66N2. The summed E-state index contributed by atoms with van der Waals surface area (Å²) in [6.45, 7) is 31.9. The summed E-state index contributed by atoms with van der Waals surface area (Å²) < 4.78 is 0. The maximum absolute atomic E-state index is 7.53. The van der Waals surface area contributed by atoms with Crippen LogP contribution >= 0.6 is 0 Å². The molecule has 1 aliphatic rings. The third-order valence-corrected chi connectivity index (χ3v) is 11.1. The van der Waals surface area contributed by atoms with E-state index in [1.807, 2.05) is 32.9 Å². The molecule has 0 amide bonds. The molecular weight excluding hydrogens is 749 g/mol. The average molecular weight is 815 g/mol. The van der Waals surface area contributed by atoms with Crippen molar-refractivity contribution in [2.45, 2.75) is 67.7 Å². The molecule has 1 atom stereocenters. The van der Waals surface area contributed by atoms with Crippen LogP contribution in [0.4, 0.5) is 0 Å². The summed E-state index contributed by atoms with van der Waals surface area (Å²) in [4.78, 5) is 0. The second-order valence-corrected chi connectivity index (χ2v) is 14.8. The number of nitrogens with one attached hydrogen (secondary N) is 2. The van der Waals surface area contributed by atoms with Crippen LogP contribution in [0.1, 0.15) is 87.3 Å². The van der Waals surface area contributed by atoms with Crippen LogP contribution in [0, 0.1) is 24.7 Å². The van der Waals surface area contributed by atoms with Gasteiger partial charge in [-0.1, -0.05) is 204 Å². The Balaban J connectivity index is 0.000000372. The maximum atomic E-state index is 7.53. The lowest BCUT2D eigenvalue weighted by Crippen LogP contribution is -1.98. The first-order valence-electron chi connectivity index (χ1n) is 21.5. The molecule has 0 radical (unpaired) electrons. The summed E-state index contributed by atoms with van der Waals surface area (Å²) in [5.41, 5.74) is 18.2. The molecule has 5 aromatic rings. The van der Waals surface area contributed by atoms with Crippen LogP contribution in [-0.4, -0.2) is 12.9 Å². The molecule has 0 saturated heterocycles. The van der Waals surface area contributed by atoms with E-state index in [2.05, 4.69) is 213 Å². The normalized spacial score (nSPS) is 13.9. The highest BCUT2D eigenvalue weighted by Gasteiger charge is 2.13. The van der Waals surface area contributed by atoms with Crippen molar-refractivity contribution >= 4 is 40.4 Å². The van der Waals surface area contributed by atoms with Crippen LogP contribution in [0.3, 0.4) is 0 Å². The zero-order valence-electron chi connectivity index (χ0n) is 38.4. The third-order valence-electron chi connectivity index (χ3n) is 11.1.